The number of aryl methyl sites for hydroxylation is 2. The fourth-order valence-electron chi connectivity index (χ4n) is 6.27. The van der Waals surface area contributed by atoms with Gasteiger partial charge in [-0.25, -0.2) is 15.0 Å². The smallest absolute Gasteiger partial charge is 0.434 e. The lowest BCUT2D eigenvalue weighted by Crippen LogP contribution is -2.38. The molecule has 2 fully saturated rings. The highest BCUT2D eigenvalue weighted by atomic mass is 19.4. The molecule has 6 heterocycles. The van der Waals surface area contributed by atoms with Crippen LogP contribution in [0.15, 0.2) is 30.9 Å². The molecule has 3 aliphatic rings. The van der Waals surface area contributed by atoms with Crippen molar-refractivity contribution >= 4 is 5.69 Å². The second-order valence-corrected chi connectivity index (χ2v) is 10.6. The van der Waals surface area contributed by atoms with E-state index in [1.807, 2.05) is 17.8 Å². The lowest BCUT2D eigenvalue weighted by atomic mass is 9.93. The Kier molecular flexibility index (Phi) is 5.27. The predicted octanol–water partition coefficient (Wildman–Crippen LogP) is 4.84. The van der Waals surface area contributed by atoms with Gasteiger partial charge in [0, 0.05) is 49.9 Å². The van der Waals surface area contributed by atoms with Crippen LogP contribution in [0.25, 0.3) is 22.8 Å². The number of halogens is 3. The van der Waals surface area contributed by atoms with Gasteiger partial charge >= 0.3 is 6.18 Å². The third kappa shape index (κ3) is 3.79. The van der Waals surface area contributed by atoms with Gasteiger partial charge < -0.3 is 14.2 Å². The van der Waals surface area contributed by atoms with Crippen molar-refractivity contribution in [3.05, 3.63) is 53.5 Å². The second-order valence-electron chi connectivity index (χ2n) is 10.6. The number of hydrogen-bond acceptors (Lipinski definition) is 7. The normalized spacial score (nSPS) is 20.4. The molecular formula is C27H27F3N8O. The zero-order valence-corrected chi connectivity index (χ0v) is 21.8. The maximum atomic E-state index is 13.2. The Morgan fingerprint density at radius 3 is 2.51 bits per heavy atom. The zero-order valence-electron chi connectivity index (χ0n) is 21.8. The summed E-state index contributed by atoms with van der Waals surface area (Å²) in [5.41, 5.74) is 5.52. The standard InChI is InChI=1S/C27H27F3N8O/c1-36-12-20(27(28,29)30)34-25(36)17-8-6-16(11-31-17)38-15-7-9-18(38)21-19(10-15)37(2)35-24(21)22-23(14-4-5-14)32-13-33-26(22)39-3/h6,8,11-15,18H,4-5,7,9-10H2,1-3H3. The van der Waals surface area contributed by atoms with Crippen LogP contribution in [0, 0.1) is 0 Å². The van der Waals surface area contributed by atoms with Gasteiger partial charge in [-0.2, -0.15) is 18.3 Å². The second kappa shape index (κ2) is 8.52. The molecule has 2 aliphatic heterocycles. The van der Waals surface area contributed by atoms with E-state index in [1.54, 1.807) is 32.7 Å². The average molecular weight is 537 g/mol. The SMILES string of the molecule is COc1ncnc(C2CC2)c1-c1nn(C)c2c1C1CCC(C2)N1c1ccc(-c2nc(C(F)(F)F)cn2C)nc1. The summed E-state index contributed by atoms with van der Waals surface area (Å²) < 4.78 is 48.5. The number of nitrogens with zero attached hydrogens (tertiary/aromatic N) is 8. The first kappa shape index (κ1) is 24.1. The minimum Gasteiger partial charge on any atom is -0.480 e. The number of ether oxygens (including phenoxy) is 1. The van der Waals surface area contributed by atoms with Crippen molar-refractivity contribution in [3.63, 3.8) is 0 Å². The number of aromatic nitrogens is 7. The molecule has 9 nitrogen and oxygen atoms in total. The maximum absolute atomic E-state index is 13.2. The lowest BCUT2D eigenvalue weighted by molar-refractivity contribution is -0.140. The van der Waals surface area contributed by atoms with Crippen LogP contribution in [0.1, 0.15) is 60.3 Å². The van der Waals surface area contributed by atoms with E-state index in [9.17, 15) is 13.2 Å². The molecule has 39 heavy (non-hydrogen) atoms. The molecule has 0 aromatic carbocycles. The quantitative estimate of drug-likeness (QED) is 0.361. The number of anilines is 1. The summed E-state index contributed by atoms with van der Waals surface area (Å²) in [7, 11) is 5.16. The molecule has 4 aromatic rings. The Labute approximate surface area is 222 Å². The van der Waals surface area contributed by atoms with Crippen LogP contribution < -0.4 is 9.64 Å². The highest BCUT2D eigenvalue weighted by Crippen LogP contribution is 2.52. The first-order valence-electron chi connectivity index (χ1n) is 13.0. The molecule has 4 aromatic heterocycles. The van der Waals surface area contributed by atoms with Crippen molar-refractivity contribution in [2.75, 3.05) is 12.0 Å². The molecule has 1 saturated heterocycles. The number of pyridine rings is 1. The van der Waals surface area contributed by atoms with Gasteiger partial charge in [0.1, 0.15) is 17.7 Å². The van der Waals surface area contributed by atoms with Crippen molar-refractivity contribution in [1.82, 2.24) is 34.3 Å². The number of rotatable bonds is 5. The van der Waals surface area contributed by atoms with Crippen molar-refractivity contribution < 1.29 is 17.9 Å². The van der Waals surface area contributed by atoms with Crippen LogP contribution in [0.4, 0.5) is 18.9 Å². The molecule has 2 atom stereocenters. The molecule has 202 valence electrons. The van der Waals surface area contributed by atoms with E-state index < -0.39 is 11.9 Å². The average Bonchev–Trinajstić information content (AvgIpc) is 3.52. The largest absolute Gasteiger partial charge is 0.480 e. The van der Waals surface area contributed by atoms with Crippen molar-refractivity contribution in [1.29, 1.82) is 0 Å². The van der Waals surface area contributed by atoms with E-state index >= 15 is 0 Å². The number of methoxy groups -OCH3 is 1. The van der Waals surface area contributed by atoms with Crippen LogP contribution in [0.3, 0.4) is 0 Å². The highest BCUT2D eigenvalue weighted by Gasteiger charge is 2.45. The van der Waals surface area contributed by atoms with Gasteiger partial charge in [-0.05, 0) is 37.8 Å². The summed E-state index contributed by atoms with van der Waals surface area (Å²) in [6, 6.07) is 4.03. The monoisotopic (exact) mass is 536 g/mol. The van der Waals surface area contributed by atoms with Crippen LogP contribution >= 0.6 is 0 Å². The molecule has 0 spiro atoms. The zero-order chi connectivity index (χ0) is 27.1. The van der Waals surface area contributed by atoms with Crippen LogP contribution in [0.2, 0.25) is 0 Å². The van der Waals surface area contributed by atoms with E-state index in [0.29, 0.717) is 17.5 Å². The fraction of sp³-hybridized carbons (Fsp3) is 0.444. The van der Waals surface area contributed by atoms with Gasteiger partial charge in [-0.1, -0.05) is 0 Å². The molecule has 1 aliphatic carbocycles. The summed E-state index contributed by atoms with van der Waals surface area (Å²) in [6.45, 7) is 0. The van der Waals surface area contributed by atoms with Crippen LogP contribution in [-0.2, 0) is 26.7 Å². The van der Waals surface area contributed by atoms with Gasteiger partial charge in [0.25, 0.3) is 0 Å². The Morgan fingerprint density at radius 2 is 1.85 bits per heavy atom. The highest BCUT2D eigenvalue weighted by molar-refractivity contribution is 5.75. The van der Waals surface area contributed by atoms with E-state index in [2.05, 4.69) is 24.8 Å². The number of imidazole rings is 1. The summed E-state index contributed by atoms with van der Waals surface area (Å²) in [4.78, 5) is 19.8. The summed E-state index contributed by atoms with van der Waals surface area (Å²) in [5, 5.41) is 4.99. The Balaban J connectivity index is 1.27. The van der Waals surface area contributed by atoms with Crippen molar-refractivity contribution in [2.45, 2.75) is 56.3 Å². The summed E-state index contributed by atoms with van der Waals surface area (Å²) >= 11 is 0. The molecule has 12 heteroatoms. The van der Waals surface area contributed by atoms with Gasteiger partial charge in [-0.3, -0.25) is 9.67 Å². The molecule has 0 radical (unpaired) electrons. The van der Waals surface area contributed by atoms with Gasteiger partial charge in [-0.15, -0.1) is 0 Å². The molecule has 0 amide bonds. The minimum atomic E-state index is -4.51. The van der Waals surface area contributed by atoms with Crippen molar-refractivity contribution in [2.24, 2.45) is 14.1 Å². The summed E-state index contributed by atoms with van der Waals surface area (Å²) in [5.74, 6) is 1.11. The van der Waals surface area contributed by atoms with Crippen LogP contribution in [0.5, 0.6) is 5.88 Å². The van der Waals surface area contributed by atoms with Gasteiger partial charge in [0.15, 0.2) is 11.5 Å². The van der Waals surface area contributed by atoms with Crippen LogP contribution in [-0.4, -0.2) is 47.4 Å². The molecule has 2 unspecified atom stereocenters. The van der Waals surface area contributed by atoms with E-state index in [4.69, 9.17) is 9.84 Å². The number of alkyl halides is 3. The molecule has 0 N–H and O–H groups in total. The van der Waals surface area contributed by atoms with E-state index in [-0.39, 0.29) is 17.9 Å². The fourth-order valence-corrected chi connectivity index (χ4v) is 6.27. The molecule has 2 bridgehead atoms. The minimum absolute atomic E-state index is 0.0806. The Morgan fingerprint density at radius 1 is 1.03 bits per heavy atom. The number of fused-ring (bicyclic) bond motifs is 4. The predicted molar refractivity (Wildman–Crippen MR) is 136 cm³/mol. The first-order chi connectivity index (χ1) is 18.7. The topological polar surface area (TPSA) is 86.8 Å². The molecule has 7 rings (SSSR count). The van der Waals surface area contributed by atoms with E-state index in [0.717, 1.165) is 60.9 Å². The Hall–Kier alpha value is -3.96. The maximum Gasteiger partial charge on any atom is 0.434 e. The molecular weight excluding hydrogens is 509 g/mol. The third-order valence-corrected chi connectivity index (χ3v) is 8.15. The molecule has 1 saturated carbocycles. The van der Waals surface area contributed by atoms with E-state index in [1.165, 1.54) is 15.8 Å². The third-order valence-electron chi connectivity index (χ3n) is 8.15. The first-order valence-corrected chi connectivity index (χ1v) is 13.0. The number of hydrogen-bond donors (Lipinski definition) is 0. The summed E-state index contributed by atoms with van der Waals surface area (Å²) in [6.07, 6.45) is 4.79. The van der Waals surface area contributed by atoms with Gasteiger partial charge in [0.05, 0.1) is 36.3 Å². The lowest BCUT2D eigenvalue weighted by Gasteiger charge is -2.37. The van der Waals surface area contributed by atoms with Gasteiger partial charge in [0.2, 0.25) is 5.88 Å². The Bertz CT molecular complexity index is 1570. The van der Waals surface area contributed by atoms with Crippen molar-refractivity contribution in [3.8, 4) is 28.7 Å².